The number of piperidine rings is 1. The Balaban J connectivity index is 1.29. The van der Waals surface area contributed by atoms with Crippen molar-refractivity contribution in [3.8, 4) is 0 Å². The van der Waals surface area contributed by atoms with E-state index in [1.807, 2.05) is 24.5 Å². The summed E-state index contributed by atoms with van der Waals surface area (Å²) >= 11 is 6.42. The Morgan fingerprint density at radius 3 is 2.83 bits per heavy atom. The molecule has 1 aliphatic heterocycles. The third kappa shape index (κ3) is 4.07. The Morgan fingerprint density at radius 1 is 1.21 bits per heavy atom. The quantitative estimate of drug-likeness (QED) is 0.550. The van der Waals surface area contributed by atoms with Crippen LogP contribution in [0.1, 0.15) is 31.2 Å². The number of halogens is 1. The van der Waals surface area contributed by atoms with Crippen molar-refractivity contribution in [2.24, 2.45) is 5.92 Å². The molecular formula is C23H27ClN4O. The maximum absolute atomic E-state index is 6.42. The Kier molecular flexibility index (Phi) is 5.10. The summed E-state index contributed by atoms with van der Waals surface area (Å²) in [5.74, 6) is 1.71. The highest BCUT2D eigenvalue weighted by molar-refractivity contribution is 6.35. The van der Waals surface area contributed by atoms with E-state index < -0.39 is 0 Å². The molecular weight excluding hydrogens is 384 g/mol. The molecule has 2 fully saturated rings. The van der Waals surface area contributed by atoms with E-state index in [4.69, 9.17) is 16.3 Å². The molecule has 0 spiro atoms. The van der Waals surface area contributed by atoms with Crippen LogP contribution in [-0.4, -0.2) is 35.8 Å². The van der Waals surface area contributed by atoms with Crippen molar-refractivity contribution in [2.75, 3.05) is 29.9 Å². The zero-order chi connectivity index (χ0) is 19.8. The number of pyridine rings is 1. The SMILES string of the molecule is Cc1c(N2CCC(OCC3CC3)CC2)ccnc1Nc1cc(Cl)c2cc[nH]c2c1. The van der Waals surface area contributed by atoms with Crippen LogP contribution in [0.5, 0.6) is 0 Å². The number of rotatable bonds is 6. The van der Waals surface area contributed by atoms with Crippen LogP contribution < -0.4 is 10.2 Å². The second-order valence-electron chi connectivity index (χ2n) is 8.29. The van der Waals surface area contributed by atoms with Crippen molar-refractivity contribution >= 4 is 39.7 Å². The molecule has 0 unspecified atom stereocenters. The predicted molar refractivity (Wildman–Crippen MR) is 119 cm³/mol. The molecule has 6 heteroatoms. The first kappa shape index (κ1) is 18.8. The lowest BCUT2D eigenvalue weighted by Gasteiger charge is -2.34. The smallest absolute Gasteiger partial charge is 0.135 e. The van der Waals surface area contributed by atoms with E-state index in [0.29, 0.717) is 6.10 Å². The number of aromatic nitrogens is 2. The van der Waals surface area contributed by atoms with Gasteiger partial charge in [0.05, 0.1) is 11.1 Å². The molecule has 1 saturated heterocycles. The minimum Gasteiger partial charge on any atom is -0.378 e. The van der Waals surface area contributed by atoms with Gasteiger partial charge < -0.3 is 19.9 Å². The van der Waals surface area contributed by atoms with Gasteiger partial charge >= 0.3 is 0 Å². The van der Waals surface area contributed by atoms with Crippen LogP contribution in [0.2, 0.25) is 5.02 Å². The summed E-state index contributed by atoms with van der Waals surface area (Å²) < 4.78 is 6.10. The molecule has 5 nitrogen and oxygen atoms in total. The molecule has 0 atom stereocenters. The molecule has 0 amide bonds. The fourth-order valence-corrected chi connectivity index (χ4v) is 4.43. The normalized spacial score (nSPS) is 17.8. The Morgan fingerprint density at radius 2 is 2.03 bits per heavy atom. The van der Waals surface area contributed by atoms with Gasteiger partial charge in [0.2, 0.25) is 0 Å². The van der Waals surface area contributed by atoms with E-state index in [2.05, 4.69) is 39.2 Å². The molecule has 2 aromatic heterocycles. The van der Waals surface area contributed by atoms with Crippen molar-refractivity contribution in [1.82, 2.24) is 9.97 Å². The zero-order valence-corrected chi connectivity index (χ0v) is 17.5. The molecule has 0 bridgehead atoms. The van der Waals surface area contributed by atoms with E-state index in [-0.39, 0.29) is 0 Å². The lowest BCUT2D eigenvalue weighted by molar-refractivity contribution is 0.0305. The molecule has 1 aromatic carbocycles. The number of benzene rings is 1. The minimum atomic E-state index is 0.418. The molecule has 3 heterocycles. The molecule has 2 aliphatic rings. The Bertz CT molecular complexity index is 1010. The maximum atomic E-state index is 6.42. The summed E-state index contributed by atoms with van der Waals surface area (Å²) in [4.78, 5) is 10.3. The number of ether oxygens (including phenoxy) is 1. The molecule has 29 heavy (non-hydrogen) atoms. The van der Waals surface area contributed by atoms with Gasteiger partial charge in [0, 0.05) is 59.9 Å². The first-order valence-electron chi connectivity index (χ1n) is 10.5. The van der Waals surface area contributed by atoms with E-state index in [1.54, 1.807) is 0 Å². The van der Waals surface area contributed by atoms with Crippen molar-refractivity contribution in [1.29, 1.82) is 0 Å². The van der Waals surface area contributed by atoms with E-state index in [9.17, 15) is 0 Å². The summed E-state index contributed by atoms with van der Waals surface area (Å²) in [7, 11) is 0. The molecule has 2 N–H and O–H groups in total. The van der Waals surface area contributed by atoms with Gasteiger partial charge in [-0.3, -0.25) is 0 Å². The summed E-state index contributed by atoms with van der Waals surface area (Å²) in [5.41, 5.74) is 4.36. The van der Waals surface area contributed by atoms with E-state index in [0.717, 1.165) is 71.5 Å². The number of nitrogens with zero attached hydrogens (tertiary/aromatic N) is 2. The Hall–Kier alpha value is -2.24. The van der Waals surface area contributed by atoms with Crippen LogP contribution in [0.3, 0.4) is 0 Å². The standard InChI is InChI=1S/C23H27ClN4O/c1-15-22(28-10-6-18(7-11-28)29-14-16-2-3-16)5-9-26-23(15)27-17-12-20(24)19-4-8-25-21(19)13-17/h4-5,8-9,12-13,16,18,25H,2-3,6-7,10-11,14H2,1H3,(H,26,27). The molecule has 1 aliphatic carbocycles. The number of hydrogen-bond donors (Lipinski definition) is 2. The number of H-pyrrole nitrogens is 1. The predicted octanol–water partition coefficient (Wildman–Crippen LogP) is 5.66. The number of fused-ring (bicyclic) bond motifs is 1. The summed E-state index contributed by atoms with van der Waals surface area (Å²) in [6.07, 6.45) is 9.10. The van der Waals surface area contributed by atoms with Crippen LogP contribution >= 0.6 is 11.6 Å². The zero-order valence-electron chi connectivity index (χ0n) is 16.7. The third-order valence-corrected chi connectivity index (χ3v) is 6.42. The summed E-state index contributed by atoms with van der Waals surface area (Å²) in [5, 5.41) is 5.22. The third-order valence-electron chi connectivity index (χ3n) is 6.10. The maximum Gasteiger partial charge on any atom is 0.135 e. The molecule has 1 saturated carbocycles. The molecule has 5 rings (SSSR count). The monoisotopic (exact) mass is 410 g/mol. The topological polar surface area (TPSA) is 53.2 Å². The average Bonchev–Trinajstić information content (AvgIpc) is 3.44. The van der Waals surface area contributed by atoms with Crippen LogP contribution in [-0.2, 0) is 4.74 Å². The van der Waals surface area contributed by atoms with E-state index in [1.165, 1.54) is 18.5 Å². The lowest BCUT2D eigenvalue weighted by Crippen LogP contribution is -2.37. The van der Waals surface area contributed by atoms with Crippen molar-refractivity contribution in [3.63, 3.8) is 0 Å². The van der Waals surface area contributed by atoms with Gasteiger partial charge in [0.25, 0.3) is 0 Å². The van der Waals surface area contributed by atoms with Gasteiger partial charge in [-0.05, 0) is 62.8 Å². The number of hydrogen-bond acceptors (Lipinski definition) is 4. The molecule has 3 aromatic rings. The summed E-state index contributed by atoms with van der Waals surface area (Å²) in [6.45, 7) is 5.15. The van der Waals surface area contributed by atoms with Crippen molar-refractivity contribution < 1.29 is 4.74 Å². The highest BCUT2D eigenvalue weighted by Gasteiger charge is 2.26. The fourth-order valence-electron chi connectivity index (χ4n) is 4.14. The Labute approximate surface area is 176 Å². The molecule has 152 valence electrons. The first-order chi connectivity index (χ1) is 14.2. The van der Waals surface area contributed by atoms with Gasteiger partial charge in [0.1, 0.15) is 5.82 Å². The van der Waals surface area contributed by atoms with E-state index >= 15 is 0 Å². The van der Waals surface area contributed by atoms with Crippen LogP contribution in [0.25, 0.3) is 10.9 Å². The number of aromatic amines is 1. The fraction of sp³-hybridized carbons (Fsp3) is 0.435. The number of anilines is 3. The van der Waals surface area contributed by atoms with Crippen LogP contribution in [0.4, 0.5) is 17.2 Å². The largest absolute Gasteiger partial charge is 0.378 e. The first-order valence-corrected chi connectivity index (χ1v) is 10.9. The highest BCUT2D eigenvalue weighted by Crippen LogP contribution is 2.33. The van der Waals surface area contributed by atoms with Gasteiger partial charge in [-0.2, -0.15) is 0 Å². The van der Waals surface area contributed by atoms with Gasteiger partial charge in [-0.25, -0.2) is 4.98 Å². The highest BCUT2D eigenvalue weighted by atomic mass is 35.5. The van der Waals surface area contributed by atoms with Crippen molar-refractivity contribution in [3.05, 3.63) is 47.2 Å². The molecule has 0 radical (unpaired) electrons. The minimum absolute atomic E-state index is 0.418. The van der Waals surface area contributed by atoms with Gasteiger partial charge in [0.15, 0.2) is 0 Å². The van der Waals surface area contributed by atoms with Crippen LogP contribution in [0, 0.1) is 12.8 Å². The second kappa shape index (κ2) is 7.88. The average molecular weight is 411 g/mol. The van der Waals surface area contributed by atoms with Crippen molar-refractivity contribution in [2.45, 2.75) is 38.7 Å². The van der Waals surface area contributed by atoms with Gasteiger partial charge in [-0.15, -0.1) is 0 Å². The summed E-state index contributed by atoms with van der Waals surface area (Å²) in [6, 6.07) is 8.13. The lowest BCUT2D eigenvalue weighted by atomic mass is 10.1. The van der Waals surface area contributed by atoms with Crippen LogP contribution in [0.15, 0.2) is 36.7 Å². The van der Waals surface area contributed by atoms with Gasteiger partial charge in [-0.1, -0.05) is 11.6 Å². The second-order valence-corrected chi connectivity index (χ2v) is 8.70. The number of nitrogens with one attached hydrogen (secondary N) is 2.